The van der Waals surface area contributed by atoms with Crippen LogP contribution in [0.15, 0.2) is 59.6 Å². The van der Waals surface area contributed by atoms with Crippen LogP contribution in [0.4, 0.5) is 5.69 Å². The van der Waals surface area contributed by atoms with Crippen molar-refractivity contribution in [3.8, 4) is 0 Å². The van der Waals surface area contributed by atoms with Crippen molar-refractivity contribution in [2.24, 2.45) is 0 Å². The molecule has 100 valence electrons. The monoisotopic (exact) mass is 283 g/mol. The van der Waals surface area contributed by atoms with E-state index in [9.17, 15) is 4.79 Å². The second-order valence-corrected chi connectivity index (χ2v) is 5.15. The molecule has 0 aromatic heterocycles. The maximum Gasteiger partial charge on any atom is 0.269 e. The van der Waals surface area contributed by atoms with E-state index < -0.39 is 0 Å². The molecule has 1 aliphatic rings. The molecule has 2 nitrogen and oxygen atoms in total. The van der Waals surface area contributed by atoms with Crippen molar-refractivity contribution >= 4 is 29.3 Å². The highest BCUT2D eigenvalue weighted by Gasteiger charge is 2.25. The fraction of sp³-hybridized carbons (Fsp3) is 0.118. The lowest BCUT2D eigenvalue weighted by Gasteiger charge is -2.16. The van der Waals surface area contributed by atoms with E-state index in [1.807, 2.05) is 48.5 Å². The zero-order valence-electron chi connectivity index (χ0n) is 10.9. The number of para-hydroxylation sites is 1. The predicted molar refractivity (Wildman–Crippen MR) is 82.8 cm³/mol. The second kappa shape index (κ2) is 5.51. The Morgan fingerprint density at radius 3 is 2.55 bits per heavy atom. The summed E-state index contributed by atoms with van der Waals surface area (Å²) in [5, 5.41) is 0.243. The number of nitrogens with zero attached hydrogens (tertiary/aromatic N) is 1. The molecular formula is C17H14ClNO. The van der Waals surface area contributed by atoms with E-state index in [0.717, 1.165) is 17.7 Å². The van der Waals surface area contributed by atoms with Crippen molar-refractivity contribution in [1.82, 2.24) is 0 Å². The van der Waals surface area contributed by atoms with Crippen LogP contribution in [-0.2, 0) is 11.2 Å². The molecule has 2 aromatic carbocycles. The molecule has 0 aliphatic carbocycles. The van der Waals surface area contributed by atoms with Gasteiger partial charge in [-0.2, -0.15) is 0 Å². The first kappa shape index (κ1) is 12.9. The van der Waals surface area contributed by atoms with Crippen LogP contribution in [0.25, 0.3) is 6.08 Å². The minimum Gasteiger partial charge on any atom is -0.307 e. The van der Waals surface area contributed by atoms with Gasteiger partial charge in [-0.3, -0.25) is 4.79 Å². The Labute approximate surface area is 123 Å². The van der Waals surface area contributed by atoms with Crippen LogP contribution in [0.1, 0.15) is 11.1 Å². The van der Waals surface area contributed by atoms with Gasteiger partial charge in [0.25, 0.3) is 5.91 Å². The normalized spacial score (nSPS) is 14.2. The molecule has 3 rings (SSSR count). The molecule has 0 atom stereocenters. The van der Waals surface area contributed by atoms with Gasteiger partial charge in [-0.25, -0.2) is 0 Å². The van der Waals surface area contributed by atoms with E-state index >= 15 is 0 Å². The van der Waals surface area contributed by atoms with Gasteiger partial charge in [-0.1, -0.05) is 60.1 Å². The van der Waals surface area contributed by atoms with E-state index in [2.05, 4.69) is 6.07 Å². The van der Waals surface area contributed by atoms with Crippen LogP contribution in [0.2, 0.25) is 0 Å². The summed E-state index contributed by atoms with van der Waals surface area (Å²) in [6.45, 7) is 0.691. The van der Waals surface area contributed by atoms with E-state index in [1.54, 1.807) is 11.0 Å². The molecule has 0 bridgehead atoms. The molecule has 0 spiro atoms. The van der Waals surface area contributed by atoms with Gasteiger partial charge in [0.05, 0.1) is 0 Å². The minimum atomic E-state index is -0.138. The third-order valence-electron chi connectivity index (χ3n) is 3.43. The first-order valence-corrected chi connectivity index (χ1v) is 6.95. The van der Waals surface area contributed by atoms with Crippen LogP contribution < -0.4 is 4.90 Å². The third kappa shape index (κ3) is 2.47. The van der Waals surface area contributed by atoms with Gasteiger partial charge in [0, 0.05) is 12.2 Å². The fourth-order valence-electron chi connectivity index (χ4n) is 2.44. The average molecular weight is 284 g/mol. The molecule has 0 unspecified atom stereocenters. The highest BCUT2D eigenvalue weighted by molar-refractivity contribution is 6.46. The van der Waals surface area contributed by atoms with Crippen LogP contribution in [-0.4, -0.2) is 12.5 Å². The molecule has 1 aliphatic heterocycles. The zero-order chi connectivity index (χ0) is 13.9. The maximum atomic E-state index is 12.4. The second-order valence-electron chi connectivity index (χ2n) is 4.74. The summed E-state index contributed by atoms with van der Waals surface area (Å²) in [5.41, 5.74) is 3.10. The molecule has 1 amide bonds. The summed E-state index contributed by atoms with van der Waals surface area (Å²) in [4.78, 5) is 14.2. The van der Waals surface area contributed by atoms with Crippen LogP contribution in [0.5, 0.6) is 0 Å². The molecule has 0 saturated carbocycles. The number of hydrogen-bond donors (Lipinski definition) is 0. The van der Waals surface area contributed by atoms with Gasteiger partial charge in [0.1, 0.15) is 5.03 Å². The molecule has 0 radical (unpaired) electrons. The Morgan fingerprint density at radius 2 is 1.75 bits per heavy atom. The number of benzene rings is 2. The quantitative estimate of drug-likeness (QED) is 0.767. The summed E-state index contributed by atoms with van der Waals surface area (Å²) in [6, 6.07) is 17.6. The smallest absolute Gasteiger partial charge is 0.269 e. The van der Waals surface area contributed by atoms with E-state index in [1.165, 1.54) is 5.56 Å². The van der Waals surface area contributed by atoms with Gasteiger partial charge in [0.2, 0.25) is 0 Å². The molecule has 0 N–H and O–H groups in total. The number of amides is 1. The number of rotatable bonds is 2. The molecule has 20 heavy (non-hydrogen) atoms. The predicted octanol–water partition coefficient (Wildman–Crippen LogP) is 3.86. The summed E-state index contributed by atoms with van der Waals surface area (Å²) < 4.78 is 0. The van der Waals surface area contributed by atoms with Crippen molar-refractivity contribution in [2.75, 3.05) is 11.4 Å². The number of anilines is 1. The zero-order valence-corrected chi connectivity index (χ0v) is 11.7. The van der Waals surface area contributed by atoms with Crippen LogP contribution in [0, 0.1) is 0 Å². The summed E-state index contributed by atoms with van der Waals surface area (Å²) in [5.74, 6) is -0.138. The molecule has 2 aromatic rings. The first-order valence-electron chi connectivity index (χ1n) is 6.58. The fourth-order valence-corrected chi connectivity index (χ4v) is 2.66. The van der Waals surface area contributed by atoms with E-state index in [-0.39, 0.29) is 10.9 Å². The molecule has 3 heteroatoms. The van der Waals surface area contributed by atoms with E-state index in [0.29, 0.717) is 6.54 Å². The van der Waals surface area contributed by atoms with Crippen molar-refractivity contribution in [3.05, 3.63) is 70.8 Å². The maximum absolute atomic E-state index is 12.4. The number of halogens is 1. The largest absolute Gasteiger partial charge is 0.307 e. The number of hydrogen-bond acceptors (Lipinski definition) is 1. The van der Waals surface area contributed by atoms with Crippen molar-refractivity contribution in [1.29, 1.82) is 0 Å². The van der Waals surface area contributed by atoms with Gasteiger partial charge >= 0.3 is 0 Å². The Kier molecular flexibility index (Phi) is 3.57. The highest BCUT2D eigenvalue weighted by atomic mass is 35.5. The summed E-state index contributed by atoms with van der Waals surface area (Å²) >= 11 is 6.18. The third-order valence-corrected chi connectivity index (χ3v) is 3.70. The average Bonchev–Trinajstić information content (AvgIpc) is 2.91. The SMILES string of the molecule is O=C(/C(Cl)=C\c1ccccc1)N1CCc2ccccc21. The highest BCUT2D eigenvalue weighted by Crippen LogP contribution is 2.29. The Morgan fingerprint density at radius 1 is 1.05 bits per heavy atom. The van der Waals surface area contributed by atoms with E-state index in [4.69, 9.17) is 11.6 Å². The number of carbonyl (C=O) groups is 1. The molecular weight excluding hydrogens is 270 g/mol. The van der Waals surface area contributed by atoms with Crippen molar-refractivity contribution in [3.63, 3.8) is 0 Å². The van der Waals surface area contributed by atoms with Crippen LogP contribution >= 0.6 is 11.6 Å². The lowest BCUT2D eigenvalue weighted by Crippen LogP contribution is -2.28. The molecule has 1 heterocycles. The Bertz CT molecular complexity index is 664. The Balaban J connectivity index is 1.86. The summed E-state index contributed by atoms with van der Waals surface area (Å²) in [7, 11) is 0. The van der Waals surface area contributed by atoms with Crippen molar-refractivity contribution < 1.29 is 4.79 Å². The van der Waals surface area contributed by atoms with Crippen molar-refractivity contribution in [2.45, 2.75) is 6.42 Å². The number of carbonyl (C=O) groups excluding carboxylic acids is 1. The lowest BCUT2D eigenvalue weighted by molar-refractivity contribution is -0.114. The topological polar surface area (TPSA) is 20.3 Å². The summed E-state index contributed by atoms with van der Waals surface area (Å²) in [6.07, 6.45) is 2.60. The van der Waals surface area contributed by atoms with Gasteiger partial charge < -0.3 is 4.90 Å². The van der Waals surface area contributed by atoms with Gasteiger partial charge in [-0.05, 0) is 29.7 Å². The number of fused-ring (bicyclic) bond motifs is 1. The van der Waals surface area contributed by atoms with Gasteiger partial charge in [0.15, 0.2) is 0 Å². The van der Waals surface area contributed by atoms with Gasteiger partial charge in [-0.15, -0.1) is 0 Å². The minimum absolute atomic E-state index is 0.138. The first-order chi connectivity index (χ1) is 9.75. The standard InChI is InChI=1S/C17H14ClNO/c18-15(12-13-6-2-1-3-7-13)17(20)19-11-10-14-8-4-5-9-16(14)19/h1-9,12H,10-11H2/b15-12+. The Hall–Kier alpha value is -2.06. The lowest BCUT2D eigenvalue weighted by atomic mass is 10.2. The van der Waals surface area contributed by atoms with Crippen LogP contribution in [0.3, 0.4) is 0 Å². The molecule has 0 saturated heterocycles. The molecule has 0 fully saturated rings.